The lowest BCUT2D eigenvalue weighted by Crippen LogP contribution is -2.34. The fourth-order valence-corrected chi connectivity index (χ4v) is 4.03. The highest BCUT2D eigenvalue weighted by molar-refractivity contribution is 5.90. The molecule has 168 valence electrons. The van der Waals surface area contributed by atoms with Crippen molar-refractivity contribution in [3.8, 4) is 0 Å². The van der Waals surface area contributed by atoms with Crippen LogP contribution in [-0.2, 0) is 19.1 Å². The third kappa shape index (κ3) is 9.33. The van der Waals surface area contributed by atoms with Crippen molar-refractivity contribution in [3.63, 3.8) is 0 Å². The molecular formula is C24H42O5. The van der Waals surface area contributed by atoms with Gasteiger partial charge in [0, 0.05) is 18.4 Å². The van der Waals surface area contributed by atoms with Gasteiger partial charge in [-0.05, 0) is 30.6 Å². The van der Waals surface area contributed by atoms with Gasteiger partial charge >= 0.3 is 11.9 Å². The predicted molar refractivity (Wildman–Crippen MR) is 115 cm³/mol. The number of hydrogen-bond acceptors (Lipinski definition) is 5. The van der Waals surface area contributed by atoms with Crippen molar-refractivity contribution in [1.82, 2.24) is 0 Å². The van der Waals surface area contributed by atoms with Gasteiger partial charge in [0.25, 0.3) is 0 Å². The van der Waals surface area contributed by atoms with Gasteiger partial charge in [-0.2, -0.15) is 0 Å². The van der Waals surface area contributed by atoms with E-state index in [0.717, 1.165) is 25.7 Å². The Morgan fingerprint density at radius 2 is 1.76 bits per heavy atom. The summed E-state index contributed by atoms with van der Waals surface area (Å²) in [7, 11) is 0. The molecule has 1 N–H and O–H groups in total. The third-order valence-electron chi connectivity index (χ3n) is 5.90. The highest BCUT2D eigenvalue weighted by atomic mass is 16.6. The van der Waals surface area contributed by atoms with Gasteiger partial charge in [0.05, 0.1) is 6.61 Å². The minimum absolute atomic E-state index is 0.326. The molecule has 1 rings (SSSR count). The molecule has 0 amide bonds. The molecule has 1 saturated heterocycles. The molecule has 1 aliphatic rings. The molecule has 0 spiro atoms. The van der Waals surface area contributed by atoms with E-state index in [1.807, 2.05) is 6.08 Å². The van der Waals surface area contributed by atoms with Crippen LogP contribution in [0.2, 0.25) is 0 Å². The zero-order valence-electron chi connectivity index (χ0n) is 19.1. The fourth-order valence-electron chi connectivity index (χ4n) is 4.03. The summed E-state index contributed by atoms with van der Waals surface area (Å²) in [4.78, 5) is 24.3. The first-order valence-electron chi connectivity index (χ1n) is 11.5. The van der Waals surface area contributed by atoms with Gasteiger partial charge in [0.2, 0.25) is 0 Å². The normalized spacial score (nSPS) is 19.4. The summed E-state index contributed by atoms with van der Waals surface area (Å²) < 4.78 is 10.8. The topological polar surface area (TPSA) is 72.8 Å². The fraction of sp³-hybridized carbons (Fsp3) is 0.833. The Labute approximate surface area is 177 Å². The van der Waals surface area contributed by atoms with E-state index in [9.17, 15) is 14.7 Å². The van der Waals surface area contributed by atoms with Gasteiger partial charge in [0.15, 0.2) is 6.10 Å². The number of carbonyl (C=O) groups is 2. The number of aliphatic hydroxyl groups is 1. The standard InChI is InChI=1S/C24H42O5/c1-6-7-8-9-10-11-12-23(26)28-22(16-25)21-15-19(24(27)29-21)13-14-20(17(2)3)18(4)5/h13,17-18,20-22,25H,6-12,14-16H2,1-5H3/b19-13-/t21-,22-/m1/s1. The maximum Gasteiger partial charge on any atom is 0.334 e. The summed E-state index contributed by atoms with van der Waals surface area (Å²) in [5.74, 6) is 0.888. The molecule has 0 saturated carbocycles. The first-order valence-corrected chi connectivity index (χ1v) is 11.5. The maximum atomic E-state index is 12.2. The Balaban J connectivity index is 2.50. The van der Waals surface area contributed by atoms with Crippen molar-refractivity contribution in [2.45, 2.75) is 105 Å². The summed E-state index contributed by atoms with van der Waals surface area (Å²) in [5, 5.41) is 9.65. The number of unbranched alkanes of at least 4 members (excludes halogenated alkanes) is 5. The average Bonchev–Trinajstić information content (AvgIpc) is 3.02. The molecule has 5 nitrogen and oxygen atoms in total. The summed E-state index contributed by atoms with van der Waals surface area (Å²) in [6.07, 6.45) is 8.72. The van der Waals surface area contributed by atoms with Crippen LogP contribution in [0, 0.1) is 17.8 Å². The second-order valence-electron chi connectivity index (χ2n) is 8.99. The zero-order chi connectivity index (χ0) is 21.8. The Hall–Kier alpha value is -1.36. The number of carbonyl (C=O) groups excluding carboxylic acids is 2. The highest BCUT2D eigenvalue weighted by Gasteiger charge is 2.36. The molecule has 0 radical (unpaired) electrons. The largest absolute Gasteiger partial charge is 0.456 e. The molecule has 0 aromatic heterocycles. The lowest BCUT2D eigenvalue weighted by Gasteiger charge is -2.23. The predicted octanol–water partition coefficient (Wildman–Crippen LogP) is 5.20. The number of cyclic esters (lactones) is 1. The SMILES string of the molecule is CCCCCCCCC(=O)O[C@H](CO)[C@H]1C/C(=C/CC(C(C)C)C(C)C)C(=O)O1. The van der Waals surface area contributed by atoms with Gasteiger partial charge in [0.1, 0.15) is 6.10 Å². The Morgan fingerprint density at radius 1 is 1.14 bits per heavy atom. The number of esters is 2. The molecule has 29 heavy (non-hydrogen) atoms. The van der Waals surface area contributed by atoms with E-state index >= 15 is 0 Å². The molecule has 5 heteroatoms. The summed E-state index contributed by atoms with van der Waals surface area (Å²) in [6.45, 7) is 10.6. The van der Waals surface area contributed by atoms with E-state index in [0.29, 0.717) is 36.2 Å². The van der Waals surface area contributed by atoms with Gasteiger partial charge in [-0.3, -0.25) is 4.79 Å². The molecule has 1 aliphatic heterocycles. The Kier molecular flexibility index (Phi) is 12.2. The lowest BCUT2D eigenvalue weighted by molar-refractivity contribution is -0.164. The first kappa shape index (κ1) is 25.7. The van der Waals surface area contributed by atoms with Crippen LogP contribution in [0.15, 0.2) is 11.6 Å². The van der Waals surface area contributed by atoms with Crippen LogP contribution in [0.4, 0.5) is 0 Å². The second-order valence-corrected chi connectivity index (χ2v) is 8.99. The molecule has 0 aliphatic carbocycles. The molecule has 0 unspecified atom stereocenters. The van der Waals surface area contributed by atoms with Gasteiger partial charge in [-0.15, -0.1) is 0 Å². The summed E-state index contributed by atoms with van der Waals surface area (Å²) in [6, 6.07) is 0. The molecule has 1 heterocycles. The number of allylic oxidation sites excluding steroid dienone is 1. The second kappa shape index (κ2) is 13.8. The Morgan fingerprint density at radius 3 is 2.34 bits per heavy atom. The van der Waals surface area contributed by atoms with Crippen LogP contribution in [0.5, 0.6) is 0 Å². The highest BCUT2D eigenvalue weighted by Crippen LogP contribution is 2.29. The monoisotopic (exact) mass is 410 g/mol. The molecule has 0 aromatic rings. The third-order valence-corrected chi connectivity index (χ3v) is 5.90. The first-order chi connectivity index (χ1) is 13.8. The van der Waals surface area contributed by atoms with Crippen molar-refractivity contribution in [2.24, 2.45) is 17.8 Å². The minimum Gasteiger partial charge on any atom is -0.456 e. The van der Waals surface area contributed by atoms with Crippen molar-refractivity contribution >= 4 is 11.9 Å². The number of rotatable bonds is 14. The number of aliphatic hydroxyl groups excluding tert-OH is 1. The minimum atomic E-state index is -0.788. The molecule has 0 aromatic carbocycles. The smallest absolute Gasteiger partial charge is 0.334 e. The van der Waals surface area contributed by atoms with E-state index in [4.69, 9.17) is 9.47 Å². The van der Waals surface area contributed by atoms with Gasteiger partial charge in [-0.1, -0.05) is 72.8 Å². The van der Waals surface area contributed by atoms with Crippen LogP contribution in [0.3, 0.4) is 0 Å². The van der Waals surface area contributed by atoms with Crippen molar-refractivity contribution < 1.29 is 24.2 Å². The molecule has 2 atom stereocenters. The van der Waals surface area contributed by atoms with E-state index in [-0.39, 0.29) is 18.5 Å². The van der Waals surface area contributed by atoms with Crippen molar-refractivity contribution in [2.75, 3.05) is 6.61 Å². The zero-order valence-corrected chi connectivity index (χ0v) is 19.1. The van der Waals surface area contributed by atoms with Crippen LogP contribution in [0.25, 0.3) is 0 Å². The quantitative estimate of drug-likeness (QED) is 0.242. The van der Waals surface area contributed by atoms with E-state index in [1.54, 1.807) is 0 Å². The lowest BCUT2D eigenvalue weighted by atomic mass is 9.82. The Bertz CT molecular complexity index is 515. The van der Waals surface area contributed by atoms with Crippen LogP contribution < -0.4 is 0 Å². The van der Waals surface area contributed by atoms with E-state index in [1.165, 1.54) is 19.3 Å². The van der Waals surface area contributed by atoms with Crippen LogP contribution in [0.1, 0.15) is 92.4 Å². The van der Waals surface area contributed by atoms with Crippen LogP contribution in [-0.4, -0.2) is 35.9 Å². The maximum absolute atomic E-state index is 12.2. The average molecular weight is 411 g/mol. The summed E-state index contributed by atoms with van der Waals surface area (Å²) in [5.41, 5.74) is 0.631. The van der Waals surface area contributed by atoms with E-state index < -0.39 is 12.2 Å². The molecule has 1 fully saturated rings. The van der Waals surface area contributed by atoms with Crippen molar-refractivity contribution in [1.29, 1.82) is 0 Å². The van der Waals surface area contributed by atoms with Crippen molar-refractivity contribution in [3.05, 3.63) is 11.6 Å². The molecule has 0 bridgehead atoms. The van der Waals surface area contributed by atoms with Gasteiger partial charge < -0.3 is 14.6 Å². The van der Waals surface area contributed by atoms with Gasteiger partial charge in [-0.25, -0.2) is 4.79 Å². The number of hydrogen-bond donors (Lipinski definition) is 1. The molecular weight excluding hydrogens is 368 g/mol. The van der Waals surface area contributed by atoms with Crippen LogP contribution >= 0.6 is 0 Å². The number of ether oxygens (including phenoxy) is 2. The summed E-state index contributed by atoms with van der Waals surface area (Å²) >= 11 is 0. The van der Waals surface area contributed by atoms with E-state index in [2.05, 4.69) is 34.6 Å².